The molecule has 0 aromatic carbocycles. The highest BCUT2D eigenvalue weighted by atomic mass is 35.5. The molecule has 1 rings (SSSR count). The van der Waals surface area contributed by atoms with Gasteiger partial charge in [-0.25, -0.2) is 0 Å². The lowest BCUT2D eigenvalue weighted by Gasteiger charge is -2.03. The predicted octanol–water partition coefficient (Wildman–Crippen LogP) is 1.50. The quantitative estimate of drug-likeness (QED) is 0.384. The molecule has 1 heterocycles. The highest BCUT2D eigenvalue weighted by molar-refractivity contribution is 6.62. The lowest BCUT2D eigenvalue weighted by atomic mass is 10.6. The van der Waals surface area contributed by atoms with Crippen LogP contribution in [0, 0.1) is 0 Å². The first kappa shape index (κ1) is 6.42. The van der Waals surface area contributed by atoms with Crippen LogP contribution in [-0.2, 0) is 4.74 Å². The molecule has 4 heteroatoms. The summed E-state index contributed by atoms with van der Waals surface area (Å²) >= 11 is 5.11. The highest BCUT2D eigenvalue weighted by Gasteiger charge is 2.14. The number of hydrogen-bond donors (Lipinski definition) is 0. The average molecular weight is 148 g/mol. The van der Waals surface area contributed by atoms with Crippen LogP contribution in [0.15, 0.2) is 12.0 Å². The van der Waals surface area contributed by atoms with Crippen molar-refractivity contribution in [2.75, 3.05) is 6.73 Å². The van der Waals surface area contributed by atoms with Gasteiger partial charge in [-0.3, -0.25) is 9.69 Å². The van der Waals surface area contributed by atoms with Crippen LogP contribution in [-0.4, -0.2) is 17.0 Å². The van der Waals surface area contributed by atoms with Gasteiger partial charge in [-0.15, -0.1) is 0 Å². The molecular formula is C5H6ClNO2. The molecule has 1 amide bonds. The zero-order valence-electron chi connectivity index (χ0n) is 4.93. The monoisotopic (exact) mass is 147 g/mol. The lowest BCUT2D eigenvalue weighted by molar-refractivity contribution is 0.167. The first-order valence-electron chi connectivity index (χ1n) is 2.47. The van der Waals surface area contributed by atoms with Crippen molar-refractivity contribution in [1.82, 2.24) is 4.90 Å². The Morgan fingerprint density at radius 1 is 2.00 bits per heavy atom. The van der Waals surface area contributed by atoms with Crippen molar-refractivity contribution in [2.45, 2.75) is 6.92 Å². The summed E-state index contributed by atoms with van der Waals surface area (Å²) < 4.78 is 4.91. The van der Waals surface area contributed by atoms with Crippen LogP contribution >= 0.6 is 11.6 Å². The molecule has 0 saturated carbocycles. The van der Waals surface area contributed by atoms with E-state index in [9.17, 15) is 4.79 Å². The van der Waals surface area contributed by atoms with Crippen LogP contribution in [0.2, 0.25) is 0 Å². The first-order valence-corrected chi connectivity index (χ1v) is 2.85. The Morgan fingerprint density at radius 2 is 2.67 bits per heavy atom. The smallest absolute Gasteiger partial charge is 0.323 e. The number of carbonyl (C=O) groups is 1. The van der Waals surface area contributed by atoms with Gasteiger partial charge in [-0.1, -0.05) is 0 Å². The molecule has 0 aromatic heterocycles. The minimum absolute atomic E-state index is 0.244. The second-order valence-corrected chi connectivity index (χ2v) is 2.06. The fourth-order valence-corrected chi connectivity index (χ4v) is 0.664. The van der Waals surface area contributed by atoms with Crippen molar-refractivity contribution < 1.29 is 9.53 Å². The Bertz CT molecular complexity index is 166. The fraction of sp³-hybridized carbons (Fsp3) is 0.400. The molecule has 0 aromatic rings. The number of amides is 1. The SMILES string of the molecule is CC1=CN(C(=O)Cl)CO1. The number of halogens is 1. The average Bonchev–Trinajstić information content (AvgIpc) is 2.14. The minimum atomic E-state index is -0.508. The van der Waals surface area contributed by atoms with Crippen molar-refractivity contribution in [1.29, 1.82) is 0 Å². The van der Waals surface area contributed by atoms with Crippen LogP contribution in [0.5, 0.6) is 0 Å². The topological polar surface area (TPSA) is 29.5 Å². The van der Waals surface area contributed by atoms with Crippen molar-refractivity contribution in [2.24, 2.45) is 0 Å². The second-order valence-electron chi connectivity index (χ2n) is 1.74. The largest absolute Gasteiger partial charge is 0.476 e. The van der Waals surface area contributed by atoms with E-state index in [0.29, 0.717) is 5.76 Å². The van der Waals surface area contributed by atoms with Crippen LogP contribution in [0.3, 0.4) is 0 Å². The van der Waals surface area contributed by atoms with Gasteiger partial charge in [-0.05, 0) is 18.5 Å². The highest BCUT2D eigenvalue weighted by Crippen LogP contribution is 2.11. The predicted molar refractivity (Wildman–Crippen MR) is 32.8 cm³/mol. The van der Waals surface area contributed by atoms with Crippen LogP contribution < -0.4 is 0 Å². The van der Waals surface area contributed by atoms with Crippen LogP contribution in [0.25, 0.3) is 0 Å². The molecule has 1 aliphatic heterocycles. The molecule has 0 saturated heterocycles. The zero-order valence-corrected chi connectivity index (χ0v) is 5.68. The molecule has 0 N–H and O–H groups in total. The van der Waals surface area contributed by atoms with E-state index in [1.165, 1.54) is 4.90 Å². The Labute approximate surface area is 57.8 Å². The summed E-state index contributed by atoms with van der Waals surface area (Å²) in [6.45, 7) is 2.01. The third-order valence-electron chi connectivity index (χ3n) is 0.995. The summed E-state index contributed by atoms with van der Waals surface area (Å²) in [7, 11) is 0. The first-order chi connectivity index (χ1) is 4.20. The Morgan fingerprint density at radius 3 is 2.89 bits per heavy atom. The van der Waals surface area contributed by atoms with Gasteiger partial charge in [-0.2, -0.15) is 0 Å². The van der Waals surface area contributed by atoms with Gasteiger partial charge >= 0.3 is 5.37 Å². The summed E-state index contributed by atoms with van der Waals surface area (Å²) in [5, 5.41) is -0.508. The van der Waals surface area contributed by atoms with Gasteiger partial charge in [0.2, 0.25) is 0 Å². The third-order valence-corrected chi connectivity index (χ3v) is 1.21. The Hall–Kier alpha value is -0.700. The van der Waals surface area contributed by atoms with Gasteiger partial charge in [0.25, 0.3) is 0 Å². The fourth-order valence-electron chi connectivity index (χ4n) is 0.567. The standard InChI is InChI=1S/C5H6ClNO2/c1-4-2-7(3-9-4)5(6)8/h2H,3H2,1H3. The molecule has 0 radical (unpaired) electrons. The normalized spacial score (nSPS) is 17.1. The number of ether oxygens (including phenoxy) is 1. The molecule has 0 unspecified atom stereocenters. The Balaban J connectivity index is 2.57. The molecule has 0 fully saturated rings. The number of allylic oxidation sites excluding steroid dienone is 1. The van der Waals surface area contributed by atoms with Gasteiger partial charge < -0.3 is 4.74 Å². The molecule has 0 aliphatic carbocycles. The maximum absolute atomic E-state index is 10.4. The van der Waals surface area contributed by atoms with E-state index < -0.39 is 5.37 Å². The summed E-state index contributed by atoms with van der Waals surface area (Å²) in [4.78, 5) is 11.6. The molecule has 1 aliphatic rings. The molecule has 3 nitrogen and oxygen atoms in total. The molecule has 50 valence electrons. The zero-order chi connectivity index (χ0) is 6.85. The molecule has 0 spiro atoms. The molecular weight excluding hydrogens is 142 g/mol. The van der Waals surface area contributed by atoms with Gasteiger partial charge in [0.15, 0.2) is 6.73 Å². The van der Waals surface area contributed by atoms with E-state index in [1.807, 2.05) is 0 Å². The maximum Gasteiger partial charge on any atom is 0.323 e. The molecule has 0 atom stereocenters. The van der Waals surface area contributed by atoms with E-state index in [-0.39, 0.29) is 6.73 Å². The van der Waals surface area contributed by atoms with Crippen molar-refractivity contribution in [3.05, 3.63) is 12.0 Å². The molecule has 0 bridgehead atoms. The van der Waals surface area contributed by atoms with E-state index in [0.717, 1.165) is 0 Å². The lowest BCUT2D eigenvalue weighted by Crippen LogP contribution is -2.16. The van der Waals surface area contributed by atoms with Crippen molar-refractivity contribution in [3.63, 3.8) is 0 Å². The number of rotatable bonds is 0. The van der Waals surface area contributed by atoms with E-state index in [4.69, 9.17) is 16.3 Å². The maximum atomic E-state index is 10.4. The second kappa shape index (κ2) is 2.27. The van der Waals surface area contributed by atoms with Crippen LogP contribution in [0.4, 0.5) is 4.79 Å². The van der Waals surface area contributed by atoms with Crippen molar-refractivity contribution >= 4 is 17.0 Å². The van der Waals surface area contributed by atoms with Gasteiger partial charge in [0.05, 0.1) is 0 Å². The number of nitrogens with zero attached hydrogens (tertiary/aromatic N) is 1. The van der Waals surface area contributed by atoms with E-state index >= 15 is 0 Å². The van der Waals surface area contributed by atoms with E-state index in [1.54, 1.807) is 13.1 Å². The summed E-state index contributed by atoms with van der Waals surface area (Å²) in [5.41, 5.74) is 0. The Kier molecular flexibility index (Phi) is 1.62. The van der Waals surface area contributed by atoms with Gasteiger partial charge in [0.1, 0.15) is 5.76 Å². The molecule has 9 heavy (non-hydrogen) atoms. The number of hydrogen-bond acceptors (Lipinski definition) is 2. The van der Waals surface area contributed by atoms with Crippen molar-refractivity contribution in [3.8, 4) is 0 Å². The number of carbonyl (C=O) groups excluding carboxylic acids is 1. The summed E-state index contributed by atoms with van der Waals surface area (Å²) in [6.07, 6.45) is 1.56. The summed E-state index contributed by atoms with van der Waals surface area (Å²) in [5.74, 6) is 0.712. The summed E-state index contributed by atoms with van der Waals surface area (Å²) in [6, 6.07) is 0. The van der Waals surface area contributed by atoms with Gasteiger partial charge in [0, 0.05) is 6.20 Å². The van der Waals surface area contributed by atoms with Crippen LogP contribution in [0.1, 0.15) is 6.92 Å². The van der Waals surface area contributed by atoms with E-state index in [2.05, 4.69) is 0 Å². The minimum Gasteiger partial charge on any atom is -0.476 e. The third kappa shape index (κ3) is 1.36.